The Hall–Kier alpha value is -1.99. The van der Waals surface area contributed by atoms with Crippen LogP contribution in [0.4, 0.5) is 5.69 Å². The number of rotatable bonds is 6. The van der Waals surface area contributed by atoms with Crippen LogP contribution in [0.25, 0.3) is 0 Å². The Morgan fingerprint density at radius 3 is 2.78 bits per heavy atom. The molecule has 0 spiro atoms. The van der Waals surface area contributed by atoms with Gasteiger partial charge in [-0.1, -0.05) is 12.1 Å². The maximum absolute atomic E-state index is 11.8. The van der Waals surface area contributed by atoms with Gasteiger partial charge in [-0.3, -0.25) is 14.9 Å². The Labute approximate surface area is 135 Å². The summed E-state index contributed by atoms with van der Waals surface area (Å²) in [5.74, 6) is 0.146. The molecule has 1 aromatic rings. The number of hydrogen-bond acceptors (Lipinski definition) is 5. The number of β-amino-alcohol motifs (C(OH)–C–C–N with tert-alkyl or cyclic N) is 1. The molecule has 126 valence electrons. The number of aliphatic hydroxyl groups excluding tert-OH is 1. The van der Waals surface area contributed by atoms with Crippen LogP contribution in [0.1, 0.15) is 31.4 Å². The van der Waals surface area contributed by atoms with E-state index >= 15 is 0 Å². The van der Waals surface area contributed by atoms with Crippen LogP contribution in [0.5, 0.6) is 0 Å². The summed E-state index contributed by atoms with van der Waals surface area (Å²) in [6, 6.07) is 6.09. The zero-order valence-corrected chi connectivity index (χ0v) is 13.3. The SMILES string of the molecule is CCNC(=O)C1CCN(CC(O)c2cccc([N+](=O)[O-])c2)CC1. The number of amides is 1. The zero-order valence-electron chi connectivity index (χ0n) is 13.3. The molecular weight excluding hydrogens is 298 g/mol. The normalized spacial score (nSPS) is 17.7. The molecule has 2 rings (SSSR count). The minimum atomic E-state index is -0.768. The minimum Gasteiger partial charge on any atom is -0.387 e. The Morgan fingerprint density at radius 1 is 1.48 bits per heavy atom. The molecule has 1 amide bonds. The van der Waals surface area contributed by atoms with Gasteiger partial charge in [-0.15, -0.1) is 0 Å². The fourth-order valence-electron chi connectivity index (χ4n) is 2.89. The van der Waals surface area contributed by atoms with Gasteiger partial charge in [-0.2, -0.15) is 0 Å². The van der Waals surface area contributed by atoms with Crippen molar-refractivity contribution in [2.75, 3.05) is 26.2 Å². The van der Waals surface area contributed by atoms with E-state index in [2.05, 4.69) is 10.2 Å². The molecular formula is C16H23N3O4. The second-order valence-corrected chi connectivity index (χ2v) is 5.84. The van der Waals surface area contributed by atoms with Crippen LogP contribution in [0.2, 0.25) is 0 Å². The maximum Gasteiger partial charge on any atom is 0.269 e. The standard InChI is InChI=1S/C16H23N3O4/c1-2-17-16(21)12-6-8-18(9-7-12)11-15(20)13-4-3-5-14(10-13)19(22)23/h3-5,10,12,15,20H,2,6-9,11H2,1H3,(H,17,21). The van der Waals surface area contributed by atoms with Gasteiger partial charge in [-0.05, 0) is 38.4 Å². The lowest BCUT2D eigenvalue weighted by Gasteiger charge is -2.32. The van der Waals surface area contributed by atoms with E-state index in [0.717, 1.165) is 25.9 Å². The number of hydrogen-bond donors (Lipinski definition) is 2. The van der Waals surface area contributed by atoms with Crippen molar-refractivity contribution in [1.29, 1.82) is 0 Å². The second kappa shape index (κ2) is 8.03. The molecule has 7 nitrogen and oxygen atoms in total. The van der Waals surface area contributed by atoms with Gasteiger partial charge in [0.25, 0.3) is 5.69 Å². The summed E-state index contributed by atoms with van der Waals surface area (Å²) in [6.07, 6.45) is 0.775. The van der Waals surface area contributed by atoms with Crippen LogP contribution in [-0.2, 0) is 4.79 Å². The van der Waals surface area contributed by atoms with Gasteiger partial charge in [0.1, 0.15) is 0 Å². The highest BCUT2D eigenvalue weighted by molar-refractivity contribution is 5.78. The number of piperidine rings is 1. The average Bonchev–Trinajstić information content (AvgIpc) is 2.55. The van der Waals surface area contributed by atoms with Gasteiger partial charge >= 0.3 is 0 Å². The number of aliphatic hydroxyl groups is 1. The van der Waals surface area contributed by atoms with Crippen molar-refractivity contribution in [3.8, 4) is 0 Å². The number of carbonyl (C=O) groups excluding carboxylic acids is 1. The van der Waals surface area contributed by atoms with Gasteiger partial charge in [0, 0.05) is 31.1 Å². The fraction of sp³-hybridized carbons (Fsp3) is 0.562. The van der Waals surface area contributed by atoms with E-state index in [9.17, 15) is 20.0 Å². The first-order valence-corrected chi connectivity index (χ1v) is 7.93. The highest BCUT2D eigenvalue weighted by atomic mass is 16.6. The number of nitrogens with one attached hydrogen (secondary N) is 1. The molecule has 1 saturated heterocycles. The smallest absolute Gasteiger partial charge is 0.269 e. The lowest BCUT2D eigenvalue weighted by Crippen LogP contribution is -2.41. The first-order chi connectivity index (χ1) is 11.0. The number of non-ortho nitro benzene ring substituents is 1. The Kier molecular flexibility index (Phi) is 6.06. The summed E-state index contributed by atoms with van der Waals surface area (Å²) in [5, 5.41) is 23.9. The van der Waals surface area contributed by atoms with Gasteiger partial charge in [0.05, 0.1) is 11.0 Å². The first kappa shape index (κ1) is 17.4. The number of carbonyl (C=O) groups is 1. The predicted octanol–water partition coefficient (Wildman–Crippen LogP) is 1.48. The lowest BCUT2D eigenvalue weighted by molar-refractivity contribution is -0.385. The topological polar surface area (TPSA) is 95.7 Å². The quantitative estimate of drug-likeness (QED) is 0.611. The highest BCUT2D eigenvalue weighted by Crippen LogP contribution is 2.23. The van der Waals surface area contributed by atoms with Gasteiger partial charge in [0.2, 0.25) is 5.91 Å². The van der Waals surface area contributed by atoms with Crippen LogP contribution in [0.3, 0.4) is 0 Å². The minimum absolute atomic E-state index is 0.0171. The summed E-state index contributed by atoms with van der Waals surface area (Å²) in [7, 11) is 0. The van der Waals surface area contributed by atoms with Crippen molar-refractivity contribution < 1.29 is 14.8 Å². The van der Waals surface area contributed by atoms with E-state index in [1.807, 2.05) is 6.92 Å². The maximum atomic E-state index is 11.8. The molecule has 7 heteroatoms. The second-order valence-electron chi connectivity index (χ2n) is 5.84. The third-order valence-electron chi connectivity index (χ3n) is 4.21. The summed E-state index contributed by atoms with van der Waals surface area (Å²) in [6.45, 7) is 4.46. The summed E-state index contributed by atoms with van der Waals surface area (Å²) in [5.41, 5.74) is 0.529. The number of benzene rings is 1. The molecule has 0 bridgehead atoms. The molecule has 1 unspecified atom stereocenters. The van der Waals surface area contributed by atoms with E-state index in [1.165, 1.54) is 12.1 Å². The summed E-state index contributed by atoms with van der Waals surface area (Å²) >= 11 is 0. The summed E-state index contributed by atoms with van der Waals surface area (Å²) < 4.78 is 0. The third-order valence-corrected chi connectivity index (χ3v) is 4.21. The van der Waals surface area contributed by atoms with Crippen molar-refractivity contribution in [2.24, 2.45) is 5.92 Å². The fourth-order valence-corrected chi connectivity index (χ4v) is 2.89. The molecule has 1 aromatic carbocycles. The molecule has 1 heterocycles. The molecule has 1 atom stereocenters. The van der Waals surface area contributed by atoms with Crippen LogP contribution in [-0.4, -0.2) is 47.0 Å². The predicted molar refractivity (Wildman–Crippen MR) is 85.9 cm³/mol. The van der Waals surface area contributed by atoms with E-state index < -0.39 is 11.0 Å². The van der Waals surface area contributed by atoms with E-state index in [0.29, 0.717) is 18.7 Å². The van der Waals surface area contributed by atoms with E-state index in [-0.39, 0.29) is 17.5 Å². The van der Waals surface area contributed by atoms with Gasteiger partial charge in [-0.25, -0.2) is 0 Å². The Bertz CT molecular complexity index is 556. The van der Waals surface area contributed by atoms with Crippen molar-refractivity contribution in [2.45, 2.75) is 25.9 Å². The molecule has 0 radical (unpaired) electrons. The number of nitro benzene ring substituents is 1. The van der Waals surface area contributed by atoms with Crippen molar-refractivity contribution in [1.82, 2.24) is 10.2 Å². The molecule has 0 aromatic heterocycles. The van der Waals surface area contributed by atoms with Gasteiger partial charge in [0.15, 0.2) is 0 Å². The molecule has 23 heavy (non-hydrogen) atoms. The third kappa shape index (κ3) is 4.74. The number of nitrogens with zero attached hydrogens (tertiary/aromatic N) is 2. The van der Waals surface area contributed by atoms with Crippen LogP contribution in [0.15, 0.2) is 24.3 Å². The van der Waals surface area contributed by atoms with E-state index in [1.54, 1.807) is 12.1 Å². The van der Waals surface area contributed by atoms with Crippen molar-refractivity contribution in [3.63, 3.8) is 0 Å². The van der Waals surface area contributed by atoms with Gasteiger partial charge < -0.3 is 15.3 Å². The molecule has 2 N–H and O–H groups in total. The monoisotopic (exact) mass is 321 g/mol. The largest absolute Gasteiger partial charge is 0.387 e. The van der Waals surface area contributed by atoms with E-state index in [4.69, 9.17) is 0 Å². The first-order valence-electron chi connectivity index (χ1n) is 7.93. The average molecular weight is 321 g/mol. The molecule has 1 aliphatic rings. The summed E-state index contributed by atoms with van der Waals surface area (Å²) in [4.78, 5) is 24.2. The number of nitro groups is 1. The molecule has 0 aliphatic carbocycles. The van der Waals surface area contributed by atoms with Crippen LogP contribution >= 0.6 is 0 Å². The highest BCUT2D eigenvalue weighted by Gasteiger charge is 2.26. The zero-order chi connectivity index (χ0) is 16.8. The Morgan fingerprint density at radius 2 is 2.17 bits per heavy atom. The van der Waals surface area contributed by atoms with Crippen molar-refractivity contribution in [3.05, 3.63) is 39.9 Å². The molecule has 1 aliphatic heterocycles. The number of likely N-dealkylation sites (tertiary alicyclic amines) is 1. The van der Waals surface area contributed by atoms with Crippen LogP contribution < -0.4 is 5.32 Å². The van der Waals surface area contributed by atoms with Crippen molar-refractivity contribution >= 4 is 11.6 Å². The van der Waals surface area contributed by atoms with Crippen LogP contribution in [0, 0.1) is 16.0 Å². The lowest BCUT2D eigenvalue weighted by atomic mass is 9.95. The Balaban J connectivity index is 1.87. The molecule has 0 saturated carbocycles. The molecule has 1 fully saturated rings.